The molecule has 0 radical (unpaired) electrons. The fourth-order valence-electron chi connectivity index (χ4n) is 11.2. The molecule has 0 heterocycles. The van der Waals surface area contributed by atoms with Crippen LogP contribution >= 0.6 is 0 Å². The Balaban J connectivity index is 8.88. The molecule has 0 aliphatic carbocycles. The van der Waals surface area contributed by atoms with Crippen LogP contribution < -0.4 is 0 Å². The van der Waals surface area contributed by atoms with Crippen LogP contribution in [0.3, 0.4) is 0 Å². The number of nitrogens with zero attached hydrogens (tertiary/aromatic N) is 2. The molecule has 0 fully saturated rings. The van der Waals surface area contributed by atoms with E-state index in [1.807, 2.05) is 0 Å². The minimum absolute atomic E-state index is 0.313. The van der Waals surface area contributed by atoms with Gasteiger partial charge in [0.15, 0.2) is 0 Å². The molecule has 0 aromatic rings. The van der Waals surface area contributed by atoms with Crippen LogP contribution in [0.25, 0.3) is 0 Å². The normalized spacial score (nSPS) is 13.2. The van der Waals surface area contributed by atoms with Crippen molar-refractivity contribution in [2.24, 2.45) is 0 Å². The van der Waals surface area contributed by atoms with Crippen LogP contribution in [0.5, 0.6) is 0 Å². The Morgan fingerprint density at radius 3 is 0.533 bits per heavy atom. The van der Waals surface area contributed by atoms with Gasteiger partial charge in [0.25, 0.3) is 0 Å². The van der Waals surface area contributed by atoms with Gasteiger partial charge in [-0.05, 0) is 90.2 Å². The van der Waals surface area contributed by atoms with Gasteiger partial charge in [0.05, 0.1) is 0 Å². The van der Waals surface area contributed by atoms with E-state index in [0.717, 1.165) is 0 Å². The van der Waals surface area contributed by atoms with Crippen LogP contribution in [0.15, 0.2) is 22.3 Å². The van der Waals surface area contributed by atoms with E-state index in [1.165, 1.54) is 0 Å². The SMILES string of the molecule is CC(C)[Si](C#C/C(C#N)=C(\C#CC#C/C(C#C[Si](C(C)C)(C(C)C)C(C)C)=C(/C#N)C#C[Si](C(C)C)(C(C)C)C(C)C)C#C[Si](C(C)C)(C(C)C)C(C)C)(C(C)C)C(C)C. The van der Waals surface area contributed by atoms with Crippen molar-refractivity contribution in [3.63, 3.8) is 0 Å². The summed E-state index contributed by atoms with van der Waals surface area (Å²) < 4.78 is 0. The molecule has 0 aromatic carbocycles. The summed E-state index contributed by atoms with van der Waals surface area (Å²) in [7, 11) is -8.64. The molecule has 0 bridgehead atoms. The van der Waals surface area contributed by atoms with Gasteiger partial charge >= 0.3 is 0 Å². The monoisotopic (exact) mass is 873 g/mol. The average molecular weight is 874 g/mol. The van der Waals surface area contributed by atoms with Gasteiger partial charge in [-0.3, -0.25) is 0 Å². The van der Waals surface area contributed by atoms with Crippen molar-refractivity contribution >= 4 is 32.3 Å². The van der Waals surface area contributed by atoms with E-state index in [2.05, 4.69) is 248 Å². The highest BCUT2D eigenvalue weighted by Gasteiger charge is 2.44. The predicted molar refractivity (Wildman–Crippen MR) is 276 cm³/mol. The molecule has 0 atom stereocenters. The highest BCUT2D eigenvalue weighted by atomic mass is 28.3. The molecular formula is C54H84N2Si4. The third kappa shape index (κ3) is 12.6. The second kappa shape index (κ2) is 24.4. The van der Waals surface area contributed by atoms with Crippen molar-refractivity contribution in [1.29, 1.82) is 10.5 Å². The van der Waals surface area contributed by atoms with E-state index in [1.54, 1.807) is 0 Å². The summed E-state index contributed by atoms with van der Waals surface area (Å²) in [6.45, 7) is 54.8. The standard InChI is InChI=1S/C54H84N2Si4/c1-39(2)57(40(3)4,41(5)6)33-29-51(53(37-55)31-35-59(45(13)14,46(15)16)47(17)18)27-25-26-28-52(30-34-58(42(7)8,43(9)10)44(11)12)54(38-56)32-36-60(48(19)20,49(21)22)50(23)24/h39-50H,1-24H3/b53-51-,54-52-. The predicted octanol–water partition coefficient (Wildman–Crippen LogP) is 15.5. The van der Waals surface area contributed by atoms with E-state index >= 15 is 0 Å². The second-order valence-electron chi connectivity index (χ2n) is 20.8. The Morgan fingerprint density at radius 1 is 0.250 bits per heavy atom. The van der Waals surface area contributed by atoms with Gasteiger partial charge in [-0.25, -0.2) is 0 Å². The first-order valence-electron chi connectivity index (χ1n) is 23.0. The lowest BCUT2D eigenvalue weighted by Gasteiger charge is -2.38. The van der Waals surface area contributed by atoms with Gasteiger partial charge < -0.3 is 0 Å². The summed E-state index contributed by atoms with van der Waals surface area (Å²) in [5, 5.41) is 21.4. The van der Waals surface area contributed by atoms with E-state index in [-0.39, 0.29) is 0 Å². The highest BCUT2D eigenvalue weighted by Crippen LogP contribution is 2.44. The quantitative estimate of drug-likeness (QED) is 0.111. The van der Waals surface area contributed by atoms with E-state index in [9.17, 15) is 10.5 Å². The lowest BCUT2D eigenvalue weighted by Crippen LogP contribution is -2.43. The molecule has 2 nitrogen and oxygen atoms in total. The van der Waals surface area contributed by atoms with Gasteiger partial charge in [-0.2, -0.15) is 10.5 Å². The number of hydrogen-bond donors (Lipinski definition) is 0. The first-order chi connectivity index (χ1) is 27.6. The third-order valence-electron chi connectivity index (χ3n) is 14.2. The average Bonchev–Trinajstić information content (AvgIpc) is 3.11. The van der Waals surface area contributed by atoms with Gasteiger partial charge in [0, 0.05) is 0 Å². The fraction of sp³-hybridized carbons (Fsp3) is 0.667. The van der Waals surface area contributed by atoms with Crippen molar-refractivity contribution in [2.45, 2.75) is 233 Å². The Morgan fingerprint density at radius 2 is 0.400 bits per heavy atom. The number of nitriles is 2. The zero-order chi connectivity index (χ0) is 47.1. The molecule has 0 aliphatic rings. The summed E-state index contributed by atoms with van der Waals surface area (Å²) in [6, 6.07) is 4.85. The fourth-order valence-corrected chi connectivity index (χ4v) is 32.0. The molecule has 0 saturated carbocycles. The molecule has 0 aromatic heterocycles. The summed E-state index contributed by atoms with van der Waals surface area (Å²) >= 11 is 0. The zero-order valence-electron chi connectivity index (χ0n) is 42.8. The van der Waals surface area contributed by atoms with Crippen LogP contribution in [0.2, 0.25) is 66.5 Å². The maximum absolute atomic E-state index is 10.7. The first kappa shape index (κ1) is 56.7. The van der Waals surface area contributed by atoms with Crippen LogP contribution in [-0.2, 0) is 0 Å². The van der Waals surface area contributed by atoms with E-state index in [4.69, 9.17) is 0 Å². The zero-order valence-corrected chi connectivity index (χ0v) is 46.8. The van der Waals surface area contributed by atoms with Crippen LogP contribution in [0, 0.1) is 92.2 Å². The molecule has 0 rings (SSSR count). The maximum Gasteiger partial charge on any atom is 0.146 e. The number of allylic oxidation sites excluding steroid dienone is 4. The summed E-state index contributed by atoms with van der Waals surface area (Å²) in [6.07, 6.45) is 0. The molecule has 6 heteroatoms. The molecule has 60 heavy (non-hydrogen) atoms. The van der Waals surface area contributed by atoms with Crippen LogP contribution in [-0.4, -0.2) is 32.3 Å². The molecule has 326 valence electrons. The summed E-state index contributed by atoms with van der Waals surface area (Å²) in [5.74, 6) is 26.4. The van der Waals surface area contributed by atoms with E-state index in [0.29, 0.717) is 88.8 Å². The maximum atomic E-state index is 10.7. The van der Waals surface area contributed by atoms with Gasteiger partial charge in [-0.15, -0.1) is 22.2 Å². The van der Waals surface area contributed by atoms with Crippen molar-refractivity contribution in [3.05, 3.63) is 22.3 Å². The molecule has 0 saturated heterocycles. The van der Waals surface area contributed by atoms with Crippen molar-refractivity contribution < 1.29 is 0 Å². The molecule has 0 aliphatic heterocycles. The van der Waals surface area contributed by atoms with E-state index < -0.39 is 32.3 Å². The second-order valence-corrected chi connectivity index (χ2v) is 43.1. The molecule has 0 N–H and O–H groups in total. The smallest absolute Gasteiger partial charge is 0.146 e. The summed E-state index contributed by atoms with van der Waals surface area (Å²) in [5.41, 5.74) is 21.6. The largest absolute Gasteiger partial charge is 0.192 e. The topological polar surface area (TPSA) is 47.6 Å². The highest BCUT2D eigenvalue weighted by molar-refractivity contribution is 6.92. The first-order valence-corrected chi connectivity index (χ1v) is 31.9. The van der Waals surface area contributed by atoms with Crippen molar-refractivity contribution in [3.8, 4) is 81.7 Å². The lowest BCUT2D eigenvalue weighted by molar-refractivity contribution is 0.838. The number of rotatable bonds is 12. The molecule has 0 spiro atoms. The van der Waals surface area contributed by atoms with Crippen molar-refractivity contribution in [2.75, 3.05) is 0 Å². The third-order valence-corrected chi connectivity index (χ3v) is 39.4. The Kier molecular flexibility index (Phi) is 23.0. The van der Waals surface area contributed by atoms with Gasteiger partial charge in [0.1, 0.15) is 66.7 Å². The minimum atomic E-state index is -2.17. The molecule has 0 unspecified atom stereocenters. The molecular weight excluding hydrogens is 789 g/mol. The van der Waals surface area contributed by atoms with Crippen LogP contribution in [0.4, 0.5) is 0 Å². The van der Waals surface area contributed by atoms with Crippen LogP contribution in [0.1, 0.15) is 166 Å². The molecule has 0 amide bonds. The lowest BCUT2D eigenvalue weighted by atomic mass is 10.1. The number of hydrogen-bond acceptors (Lipinski definition) is 2. The minimum Gasteiger partial charge on any atom is -0.192 e. The Labute approximate surface area is 377 Å². The summed E-state index contributed by atoms with van der Waals surface area (Å²) in [4.78, 5) is 0. The van der Waals surface area contributed by atoms with Gasteiger partial charge in [-0.1, -0.05) is 190 Å². The Bertz CT molecular complexity index is 1780. The van der Waals surface area contributed by atoms with Gasteiger partial charge in [0.2, 0.25) is 0 Å². The Hall–Kier alpha value is -3.31. The van der Waals surface area contributed by atoms with Crippen molar-refractivity contribution in [1.82, 2.24) is 0 Å².